The molecule has 108 valence electrons. The predicted octanol–water partition coefficient (Wildman–Crippen LogP) is 4.12. The first-order valence-corrected chi connectivity index (χ1v) is 7.69. The number of Topliss-reactive ketones (excluding diaryl/α,β-unsaturated/α-hetero) is 1. The summed E-state index contributed by atoms with van der Waals surface area (Å²) in [5.41, 5.74) is 1.69. The Bertz CT molecular complexity index is 659. The highest BCUT2D eigenvalue weighted by Gasteiger charge is 2.22. The lowest BCUT2D eigenvalue weighted by Gasteiger charge is -2.12. The summed E-state index contributed by atoms with van der Waals surface area (Å²) in [5, 5.41) is 0.300. The molecule has 2 aromatic carbocycles. The summed E-state index contributed by atoms with van der Waals surface area (Å²) >= 11 is 1.77. The first kappa shape index (κ1) is 14.1. The topological polar surface area (TPSA) is 26.3 Å². The number of rotatable bonds is 4. The maximum atomic E-state index is 13.9. The minimum absolute atomic E-state index is 0.151. The molecule has 4 heteroatoms. The van der Waals surface area contributed by atoms with Gasteiger partial charge in [-0.05, 0) is 43.2 Å². The highest BCUT2D eigenvalue weighted by atomic mass is 32.2. The summed E-state index contributed by atoms with van der Waals surface area (Å²) < 4.78 is 19.4. The largest absolute Gasteiger partial charge is 0.489 e. The van der Waals surface area contributed by atoms with Crippen LogP contribution in [0.1, 0.15) is 22.8 Å². The molecule has 2 nitrogen and oxygen atoms in total. The molecule has 3 rings (SSSR count). The number of thioether (sulfide) groups is 1. The van der Waals surface area contributed by atoms with Gasteiger partial charge in [-0.3, -0.25) is 4.79 Å². The molecule has 0 saturated heterocycles. The molecule has 0 aliphatic carbocycles. The van der Waals surface area contributed by atoms with Gasteiger partial charge in [0, 0.05) is 15.7 Å². The molecule has 1 atom stereocenters. The molecule has 1 unspecified atom stereocenters. The van der Waals surface area contributed by atoms with E-state index < -0.39 is 5.82 Å². The Morgan fingerprint density at radius 1 is 1.33 bits per heavy atom. The Hall–Kier alpha value is -1.81. The third-order valence-electron chi connectivity index (χ3n) is 3.48. The van der Waals surface area contributed by atoms with Crippen molar-refractivity contribution in [1.29, 1.82) is 0 Å². The summed E-state index contributed by atoms with van der Waals surface area (Å²) in [6.07, 6.45) is 0.938. The number of ether oxygens (including phenoxy) is 1. The molecule has 0 N–H and O–H groups in total. The lowest BCUT2D eigenvalue weighted by molar-refractivity contribution is 0.101. The van der Waals surface area contributed by atoms with E-state index in [0.29, 0.717) is 17.4 Å². The lowest BCUT2D eigenvalue weighted by atomic mass is 10.1. The van der Waals surface area contributed by atoms with Gasteiger partial charge in [0.25, 0.3) is 0 Å². The molecular formula is C17H15FO2S. The Balaban J connectivity index is 1.63. The fourth-order valence-corrected chi connectivity index (χ4v) is 3.58. The quantitative estimate of drug-likeness (QED) is 0.795. The van der Waals surface area contributed by atoms with Crippen molar-refractivity contribution in [2.45, 2.75) is 23.5 Å². The predicted molar refractivity (Wildman–Crippen MR) is 81.7 cm³/mol. The van der Waals surface area contributed by atoms with Gasteiger partial charge in [0.15, 0.2) is 17.3 Å². The normalized spacial score (nSPS) is 16.6. The van der Waals surface area contributed by atoms with Crippen molar-refractivity contribution in [3.8, 4) is 5.75 Å². The minimum atomic E-state index is -0.483. The van der Waals surface area contributed by atoms with Crippen molar-refractivity contribution in [3.05, 3.63) is 59.4 Å². The van der Waals surface area contributed by atoms with E-state index in [-0.39, 0.29) is 11.5 Å². The van der Waals surface area contributed by atoms with Crippen molar-refractivity contribution in [3.63, 3.8) is 0 Å². The number of ketones is 1. The van der Waals surface area contributed by atoms with Crippen LogP contribution in [0.15, 0.2) is 47.4 Å². The number of fused-ring (bicyclic) bond motifs is 1. The fourth-order valence-electron chi connectivity index (χ4n) is 2.37. The smallest absolute Gasteiger partial charge is 0.165 e. The van der Waals surface area contributed by atoms with Gasteiger partial charge in [-0.2, -0.15) is 0 Å². The molecule has 0 radical (unpaired) electrons. The van der Waals surface area contributed by atoms with Gasteiger partial charge in [0.2, 0.25) is 0 Å². The second kappa shape index (κ2) is 5.90. The summed E-state index contributed by atoms with van der Waals surface area (Å²) in [4.78, 5) is 12.5. The number of hydrogen-bond acceptors (Lipinski definition) is 3. The number of benzene rings is 2. The molecular weight excluding hydrogens is 287 g/mol. The van der Waals surface area contributed by atoms with Crippen molar-refractivity contribution < 1.29 is 13.9 Å². The molecule has 1 heterocycles. The van der Waals surface area contributed by atoms with Crippen LogP contribution in [0.5, 0.6) is 5.75 Å². The van der Waals surface area contributed by atoms with Crippen LogP contribution in [0.2, 0.25) is 0 Å². The van der Waals surface area contributed by atoms with Crippen LogP contribution in [-0.2, 0) is 6.42 Å². The zero-order valence-electron chi connectivity index (χ0n) is 11.6. The first-order valence-electron chi connectivity index (χ1n) is 6.81. The highest BCUT2D eigenvalue weighted by Crippen LogP contribution is 2.37. The van der Waals surface area contributed by atoms with Crippen LogP contribution in [0.4, 0.5) is 4.39 Å². The zero-order valence-corrected chi connectivity index (χ0v) is 12.5. The van der Waals surface area contributed by atoms with Crippen molar-refractivity contribution in [2.24, 2.45) is 0 Å². The molecule has 0 amide bonds. The first-order chi connectivity index (χ1) is 10.1. The summed E-state index contributed by atoms with van der Waals surface area (Å²) in [7, 11) is 0. The summed E-state index contributed by atoms with van der Waals surface area (Å²) in [6.45, 7) is 1.87. The van der Waals surface area contributed by atoms with E-state index in [4.69, 9.17) is 4.74 Å². The molecule has 1 aliphatic rings. The second-order valence-corrected chi connectivity index (χ2v) is 6.41. The monoisotopic (exact) mass is 302 g/mol. The molecule has 0 saturated carbocycles. The maximum Gasteiger partial charge on any atom is 0.165 e. The van der Waals surface area contributed by atoms with Crippen molar-refractivity contribution in [2.75, 3.05) is 6.61 Å². The van der Waals surface area contributed by atoms with Crippen LogP contribution in [0.25, 0.3) is 0 Å². The molecule has 0 aromatic heterocycles. The number of hydrogen-bond donors (Lipinski definition) is 0. The van der Waals surface area contributed by atoms with Gasteiger partial charge in [-0.1, -0.05) is 18.2 Å². The highest BCUT2D eigenvalue weighted by molar-refractivity contribution is 8.00. The number of halogens is 1. The van der Waals surface area contributed by atoms with Gasteiger partial charge in [0.1, 0.15) is 6.61 Å². The standard InChI is InChI=1S/C17H15FO2S/c1-11(19)12-6-7-16(15(18)9-12)20-10-14-8-13-4-2-3-5-17(13)21-14/h2-7,9,14H,8,10H2,1H3. The summed E-state index contributed by atoms with van der Waals surface area (Å²) in [5.74, 6) is -0.429. The second-order valence-electron chi connectivity index (χ2n) is 5.06. The van der Waals surface area contributed by atoms with Crippen LogP contribution >= 0.6 is 11.8 Å². The van der Waals surface area contributed by atoms with Gasteiger partial charge < -0.3 is 4.74 Å². The number of carbonyl (C=O) groups excluding carboxylic acids is 1. The van der Waals surface area contributed by atoms with Crippen LogP contribution in [0, 0.1) is 5.82 Å². The number of carbonyl (C=O) groups is 1. The van der Waals surface area contributed by atoms with Gasteiger partial charge in [-0.25, -0.2) is 4.39 Å². The van der Waals surface area contributed by atoms with E-state index in [1.807, 2.05) is 12.1 Å². The van der Waals surface area contributed by atoms with E-state index in [1.165, 1.54) is 29.5 Å². The van der Waals surface area contributed by atoms with E-state index in [2.05, 4.69) is 12.1 Å². The van der Waals surface area contributed by atoms with Crippen LogP contribution in [-0.4, -0.2) is 17.6 Å². The van der Waals surface area contributed by atoms with E-state index in [1.54, 1.807) is 17.8 Å². The third-order valence-corrected chi connectivity index (χ3v) is 4.77. The fraction of sp³-hybridized carbons (Fsp3) is 0.235. The van der Waals surface area contributed by atoms with E-state index in [9.17, 15) is 9.18 Å². The molecule has 0 spiro atoms. The Morgan fingerprint density at radius 3 is 2.86 bits per heavy atom. The van der Waals surface area contributed by atoms with Crippen molar-refractivity contribution >= 4 is 17.5 Å². The Morgan fingerprint density at radius 2 is 2.14 bits per heavy atom. The molecule has 1 aliphatic heterocycles. The van der Waals surface area contributed by atoms with Gasteiger partial charge >= 0.3 is 0 Å². The van der Waals surface area contributed by atoms with Crippen LogP contribution < -0.4 is 4.74 Å². The Labute approximate surface area is 127 Å². The third kappa shape index (κ3) is 3.10. The maximum absolute atomic E-state index is 13.9. The van der Waals surface area contributed by atoms with Gasteiger partial charge in [-0.15, -0.1) is 11.8 Å². The van der Waals surface area contributed by atoms with Crippen LogP contribution in [0.3, 0.4) is 0 Å². The summed E-state index contributed by atoms with van der Waals surface area (Å²) in [6, 6.07) is 12.6. The van der Waals surface area contributed by atoms with E-state index in [0.717, 1.165) is 6.42 Å². The average Bonchev–Trinajstić information content (AvgIpc) is 2.88. The molecule has 21 heavy (non-hydrogen) atoms. The SMILES string of the molecule is CC(=O)c1ccc(OCC2Cc3ccccc3S2)c(F)c1. The van der Waals surface area contributed by atoms with Crippen molar-refractivity contribution in [1.82, 2.24) is 0 Å². The zero-order chi connectivity index (χ0) is 14.8. The average molecular weight is 302 g/mol. The van der Waals surface area contributed by atoms with Gasteiger partial charge in [0.05, 0.1) is 0 Å². The van der Waals surface area contributed by atoms with E-state index >= 15 is 0 Å². The molecule has 0 fully saturated rings. The minimum Gasteiger partial charge on any atom is -0.489 e. The molecule has 0 bridgehead atoms. The Kier molecular flexibility index (Phi) is 3.97. The molecule has 2 aromatic rings. The lowest BCUT2D eigenvalue weighted by Crippen LogP contribution is -2.14.